The average molecular weight is 439 g/mol. The molecule has 4 atom stereocenters. The number of carbonyl (C=O) groups is 2. The second-order valence-electron chi connectivity index (χ2n) is 8.99. The van der Waals surface area contributed by atoms with Gasteiger partial charge in [-0.3, -0.25) is 9.59 Å². The molecule has 5 rings (SSSR count). The molecule has 0 N–H and O–H groups in total. The first-order valence-corrected chi connectivity index (χ1v) is 11.6. The molecule has 0 aromatic heterocycles. The molecule has 6 heteroatoms. The number of amides is 1. The summed E-state index contributed by atoms with van der Waals surface area (Å²) >= 11 is 6.47. The van der Waals surface area contributed by atoms with Gasteiger partial charge in [-0.25, -0.2) is 0 Å². The fourth-order valence-electron chi connectivity index (χ4n) is 5.54. The highest BCUT2D eigenvalue weighted by Crippen LogP contribution is 2.37. The van der Waals surface area contributed by atoms with Gasteiger partial charge in [0.1, 0.15) is 24.8 Å². The molecular formula is C25H27ClN2O3. The lowest BCUT2D eigenvalue weighted by atomic mass is 9.93. The van der Waals surface area contributed by atoms with Crippen molar-refractivity contribution in [3.05, 3.63) is 60.7 Å². The molecule has 0 spiro atoms. The van der Waals surface area contributed by atoms with E-state index in [0.717, 1.165) is 36.8 Å². The van der Waals surface area contributed by atoms with Crippen molar-refractivity contribution in [2.24, 2.45) is 5.92 Å². The normalized spacial score (nSPS) is 29.4. The molecular weight excluding hydrogens is 412 g/mol. The number of ketones is 1. The topological polar surface area (TPSA) is 49.9 Å². The zero-order valence-corrected chi connectivity index (χ0v) is 18.2. The number of halogens is 1. The fraction of sp³-hybridized carbons (Fsp3) is 0.480. The van der Waals surface area contributed by atoms with Crippen molar-refractivity contribution in [3.8, 4) is 0 Å². The van der Waals surface area contributed by atoms with E-state index in [1.165, 1.54) is 0 Å². The van der Waals surface area contributed by atoms with Gasteiger partial charge >= 0.3 is 0 Å². The lowest BCUT2D eigenvalue weighted by Gasteiger charge is -2.38. The van der Waals surface area contributed by atoms with Gasteiger partial charge in [0, 0.05) is 19.3 Å². The maximum atomic E-state index is 13.9. The van der Waals surface area contributed by atoms with Crippen LogP contribution in [0.15, 0.2) is 42.6 Å². The molecule has 3 aliphatic heterocycles. The van der Waals surface area contributed by atoms with E-state index in [1.807, 2.05) is 24.3 Å². The number of rotatable bonds is 4. The van der Waals surface area contributed by atoms with E-state index in [1.54, 1.807) is 4.90 Å². The van der Waals surface area contributed by atoms with Crippen LogP contribution in [-0.2, 0) is 14.3 Å². The van der Waals surface area contributed by atoms with Gasteiger partial charge in [0.05, 0.1) is 5.38 Å². The van der Waals surface area contributed by atoms with Crippen LogP contribution in [0.25, 0.3) is 5.57 Å². The smallest absolute Gasteiger partial charge is 0.246 e. The summed E-state index contributed by atoms with van der Waals surface area (Å²) in [7, 11) is 0. The number of carbonyl (C=O) groups excluding carboxylic acids is 2. The Labute approximate surface area is 188 Å². The van der Waals surface area contributed by atoms with E-state index in [2.05, 4.69) is 23.3 Å². The molecule has 1 aromatic rings. The summed E-state index contributed by atoms with van der Waals surface area (Å²) in [6.07, 6.45) is 10.2. The van der Waals surface area contributed by atoms with E-state index in [-0.39, 0.29) is 41.7 Å². The molecule has 1 aliphatic carbocycles. The number of benzene rings is 1. The standard InChI is InChI=1S/C25H27ClN2O3/c1-16-6-4-9-18(12-16)19-10-5-11-27(13-19)22(17-7-2-3-8-17)25(30)28-14-20(26)24-23(28)21(29)15-31-24/h1,4-6,9-10,12-13,17,20,22-24H,2-3,7-8,11,14-15H2/t20-,22-,23+,24+/m0/s1. The summed E-state index contributed by atoms with van der Waals surface area (Å²) in [5.41, 5.74) is 2.77. The van der Waals surface area contributed by atoms with Gasteiger partial charge in [-0.1, -0.05) is 49.3 Å². The minimum absolute atomic E-state index is 0.00220. The van der Waals surface area contributed by atoms with Crippen LogP contribution < -0.4 is 0 Å². The Morgan fingerprint density at radius 3 is 2.84 bits per heavy atom. The molecule has 1 saturated carbocycles. The largest absolute Gasteiger partial charge is 0.366 e. The molecule has 0 unspecified atom stereocenters. The van der Waals surface area contributed by atoms with Crippen LogP contribution in [0.3, 0.4) is 0 Å². The van der Waals surface area contributed by atoms with Crippen LogP contribution in [0.1, 0.15) is 36.8 Å². The van der Waals surface area contributed by atoms with Gasteiger partial charge in [-0.05, 0) is 42.4 Å². The molecule has 5 nitrogen and oxygen atoms in total. The maximum Gasteiger partial charge on any atom is 0.246 e. The van der Waals surface area contributed by atoms with E-state index >= 15 is 0 Å². The second kappa shape index (κ2) is 8.44. The molecule has 3 fully saturated rings. The van der Waals surface area contributed by atoms with Gasteiger partial charge in [0.2, 0.25) is 5.91 Å². The zero-order valence-electron chi connectivity index (χ0n) is 17.5. The highest BCUT2D eigenvalue weighted by molar-refractivity contribution is 6.22. The minimum atomic E-state index is -0.545. The van der Waals surface area contributed by atoms with Crippen LogP contribution in [-0.4, -0.2) is 64.8 Å². The Kier molecular flexibility index (Phi) is 5.65. The molecule has 2 saturated heterocycles. The van der Waals surface area contributed by atoms with Gasteiger partial charge in [0.15, 0.2) is 5.78 Å². The highest BCUT2D eigenvalue weighted by Gasteiger charge is 2.53. The third kappa shape index (κ3) is 3.83. The van der Waals surface area contributed by atoms with Crippen LogP contribution in [0, 0.1) is 12.8 Å². The van der Waals surface area contributed by atoms with Crippen molar-refractivity contribution in [1.82, 2.24) is 9.80 Å². The minimum Gasteiger partial charge on any atom is -0.366 e. The fourth-order valence-corrected chi connectivity index (χ4v) is 5.90. The zero-order chi connectivity index (χ0) is 21.5. The van der Waals surface area contributed by atoms with Crippen molar-refractivity contribution in [1.29, 1.82) is 0 Å². The van der Waals surface area contributed by atoms with Gasteiger partial charge < -0.3 is 14.5 Å². The maximum absolute atomic E-state index is 13.9. The Morgan fingerprint density at radius 2 is 2.06 bits per heavy atom. The molecule has 1 amide bonds. The summed E-state index contributed by atoms with van der Waals surface area (Å²) in [6.45, 7) is 7.05. The third-order valence-corrected chi connectivity index (χ3v) is 7.39. The molecule has 3 heterocycles. The van der Waals surface area contributed by atoms with Gasteiger partial charge in [-0.2, -0.15) is 0 Å². The third-order valence-electron chi connectivity index (χ3n) is 7.00. The summed E-state index contributed by atoms with van der Waals surface area (Å²) in [5.74, 6) is 0.228. The molecule has 0 bridgehead atoms. The van der Waals surface area contributed by atoms with E-state index in [4.69, 9.17) is 23.3 Å². The van der Waals surface area contributed by atoms with Crippen molar-refractivity contribution in [2.75, 3.05) is 19.7 Å². The monoisotopic (exact) mass is 438 g/mol. The lowest BCUT2D eigenvalue weighted by molar-refractivity contribution is -0.141. The number of nitrogens with zero attached hydrogens (tertiary/aromatic N) is 2. The molecule has 31 heavy (non-hydrogen) atoms. The van der Waals surface area contributed by atoms with E-state index in [0.29, 0.717) is 18.7 Å². The highest BCUT2D eigenvalue weighted by atomic mass is 35.5. The molecule has 162 valence electrons. The Bertz CT molecular complexity index is 936. The number of allylic oxidation sites excluding steroid dienone is 2. The number of hydrogen-bond acceptors (Lipinski definition) is 4. The van der Waals surface area contributed by atoms with Crippen LogP contribution >= 0.6 is 11.6 Å². The molecule has 4 aliphatic rings. The summed E-state index contributed by atoms with van der Waals surface area (Å²) in [6, 6.07) is 6.93. The Balaban J connectivity index is 1.46. The second-order valence-corrected chi connectivity index (χ2v) is 9.55. The Hall–Kier alpha value is -2.11. The quantitative estimate of drug-likeness (QED) is 0.677. The SMILES string of the molecule is [CH]c1cccc(C2=CN([C@H](C(=O)N3C[C@H](Cl)[C@H]4OCC(=O)[C@H]43)C3CCCC3)CC=C2)c1. The number of ether oxygens (including phenoxy) is 1. The Morgan fingerprint density at radius 1 is 1.26 bits per heavy atom. The van der Waals surface area contributed by atoms with Crippen LogP contribution in [0.4, 0.5) is 0 Å². The average Bonchev–Trinajstić information content (AvgIpc) is 3.49. The number of alkyl halides is 1. The van der Waals surface area contributed by atoms with Crippen molar-refractivity contribution in [3.63, 3.8) is 0 Å². The molecule has 1 aromatic carbocycles. The predicted molar refractivity (Wildman–Crippen MR) is 119 cm³/mol. The summed E-state index contributed by atoms with van der Waals surface area (Å²) in [5, 5.41) is -0.343. The first kappa shape index (κ1) is 20.8. The van der Waals surface area contributed by atoms with Crippen molar-refractivity contribution >= 4 is 28.9 Å². The van der Waals surface area contributed by atoms with Crippen molar-refractivity contribution in [2.45, 2.75) is 49.2 Å². The summed E-state index contributed by atoms with van der Waals surface area (Å²) < 4.78 is 5.59. The van der Waals surface area contributed by atoms with Crippen LogP contribution in [0.2, 0.25) is 0 Å². The van der Waals surface area contributed by atoms with Crippen molar-refractivity contribution < 1.29 is 14.3 Å². The summed E-state index contributed by atoms with van der Waals surface area (Å²) in [4.78, 5) is 30.2. The lowest BCUT2D eigenvalue weighted by Crippen LogP contribution is -2.53. The number of Topliss-reactive ketones (excluding diaryl/α,β-unsaturated/α-hetero) is 1. The van der Waals surface area contributed by atoms with Crippen LogP contribution in [0.5, 0.6) is 0 Å². The first-order chi connectivity index (χ1) is 15.0. The number of likely N-dealkylation sites (tertiary alicyclic amines) is 1. The first-order valence-electron chi connectivity index (χ1n) is 11.1. The number of hydrogen-bond donors (Lipinski definition) is 0. The van der Waals surface area contributed by atoms with E-state index in [9.17, 15) is 9.59 Å². The predicted octanol–water partition coefficient (Wildman–Crippen LogP) is 3.30. The number of fused-ring (bicyclic) bond motifs is 1. The van der Waals surface area contributed by atoms with Gasteiger partial charge in [-0.15, -0.1) is 11.6 Å². The van der Waals surface area contributed by atoms with Gasteiger partial charge in [0.25, 0.3) is 0 Å². The van der Waals surface area contributed by atoms with E-state index < -0.39 is 6.04 Å². The molecule has 2 radical (unpaired) electrons.